The Morgan fingerprint density at radius 3 is 2.21 bits per heavy atom. The fourth-order valence-corrected chi connectivity index (χ4v) is 3.59. The summed E-state index contributed by atoms with van der Waals surface area (Å²) in [5.74, 6) is 1.73. The smallest absolute Gasteiger partial charge is 0.255 e. The van der Waals surface area contributed by atoms with Crippen LogP contribution in [0.4, 0.5) is 5.69 Å². The topological polar surface area (TPSA) is 60.0 Å². The van der Waals surface area contributed by atoms with Crippen LogP contribution in [0, 0.1) is 0 Å². The Morgan fingerprint density at radius 2 is 1.55 bits per heavy atom. The zero-order valence-corrected chi connectivity index (χ0v) is 19.8. The normalized spacial score (nSPS) is 10.7. The van der Waals surface area contributed by atoms with E-state index in [2.05, 4.69) is 24.1 Å². The Bertz CT molecular complexity index is 1050. The average Bonchev–Trinajstić information content (AvgIpc) is 2.87. The van der Waals surface area contributed by atoms with Crippen LogP contribution < -0.4 is 19.5 Å². The maximum atomic E-state index is 13.0. The van der Waals surface area contributed by atoms with Gasteiger partial charge in [0.05, 0.1) is 14.2 Å². The van der Waals surface area contributed by atoms with Crippen molar-refractivity contribution in [2.24, 2.45) is 0 Å². The lowest BCUT2D eigenvalue weighted by molar-refractivity contribution is 0.102. The summed E-state index contributed by atoms with van der Waals surface area (Å²) in [5, 5.41) is 2.96. The third-order valence-corrected chi connectivity index (χ3v) is 5.53. The number of amides is 1. The molecule has 0 aliphatic carbocycles. The number of nitrogens with one attached hydrogen (secondary N) is 1. The molecule has 3 aromatic carbocycles. The summed E-state index contributed by atoms with van der Waals surface area (Å²) in [6.07, 6.45) is 0. The van der Waals surface area contributed by atoms with Crippen LogP contribution >= 0.6 is 0 Å². The molecule has 3 aromatic rings. The number of carbonyl (C=O) groups excluding carboxylic acids is 1. The van der Waals surface area contributed by atoms with Gasteiger partial charge in [-0.15, -0.1) is 0 Å². The van der Waals surface area contributed by atoms with Gasteiger partial charge in [-0.3, -0.25) is 4.79 Å². The molecule has 0 spiro atoms. The number of benzene rings is 3. The number of ether oxygens (including phenoxy) is 3. The summed E-state index contributed by atoms with van der Waals surface area (Å²) >= 11 is 0. The van der Waals surface area contributed by atoms with E-state index in [9.17, 15) is 4.79 Å². The van der Waals surface area contributed by atoms with E-state index in [0.717, 1.165) is 30.8 Å². The van der Waals surface area contributed by atoms with Crippen LogP contribution in [-0.4, -0.2) is 51.3 Å². The summed E-state index contributed by atoms with van der Waals surface area (Å²) in [6, 6.07) is 20.7. The zero-order valence-electron chi connectivity index (χ0n) is 19.8. The quantitative estimate of drug-likeness (QED) is 0.429. The van der Waals surface area contributed by atoms with Gasteiger partial charge in [0.1, 0.15) is 12.4 Å². The highest BCUT2D eigenvalue weighted by Gasteiger charge is 2.14. The summed E-state index contributed by atoms with van der Waals surface area (Å²) in [5.41, 5.74) is 3.02. The first-order valence-electron chi connectivity index (χ1n) is 11.2. The van der Waals surface area contributed by atoms with Crippen molar-refractivity contribution in [3.63, 3.8) is 0 Å². The second kappa shape index (κ2) is 11.9. The van der Waals surface area contributed by atoms with Crippen molar-refractivity contribution in [2.45, 2.75) is 13.8 Å². The number of rotatable bonds is 11. The van der Waals surface area contributed by atoms with Crippen molar-refractivity contribution in [2.75, 3.05) is 45.8 Å². The third-order valence-electron chi connectivity index (χ3n) is 5.53. The summed E-state index contributed by atoms with van der Waals surface area (Å²) < 4.78 is 16.9. The molecule has 0 radical (unpaired) electrons. The molecule has 0 aromatic heterocycles. The van der Waals surface area contributed by atoms with Crippen LogP contribution in [-0.2, 0) is 0 Å². The van der Waals surface area contributed by atoms with Crippen molar-refractivity contribution < 1.29 is 19.0 Å². The van der Waals surface area contributed by atoms with Gasteiger partial charge in [0, 0.05) is 29.4 Å². The summed E-state index contributed by atoms with van der Waals surface area (Å²) in [4.78, 5) is 15.3. The van der Waals surface area contributed by atoms with Gasteiger partial charge in [-0.2, -0.15) is 0 Å². The molecule has 0 saturated heterocycles. The maximum absolute atomic E-state index is 13.0. The van der Waals surface area contributed by atoms with Crippen LogP contribution in [0.15, 0.2) is 66.7 Å². The predicted molar refractivity (Wildman–Crippen MR) is 133 cm³/mol. The average molecular weight is 449 g/mol. The fraction of sp³-hybridized carbons (Fsp3) is 0.296. The molecule has 0 bridgehead atoms. The molecule has 0 fully saturated rings. The van der Waals surface area contributed by atoms with Gasteiger partial charge in [0.25, 0.3) is 5.91 Å². The molecule has 6 nitrogen and oxygen atoms in total. The van der Waals surface area contributed by atoms with Crippen LogP contribution in [0.25, 0.3) is 11.1 Å². The van der Waals surface area contributed by atoms with Gasteiger partial charge in [0.15, 0.2) is 11.5 Å². The van der Waals surface area contributed by atoms with Gasteiger partial charge in [-0.05, 0) is 49.0 Å². The van der Waals surface area contributed by atoms with Crippen molar-refractivity contribution in [3.05, 3.63) is 72.3 Å². The number of nitrogens with zero attached hydrogens (tertiary/aromatic N) is 1. The molecule has 1 N–H and O–H groups in total. The third kappa shape index (κ3) is 6.26. The van der Waals surface area contributed by atoms with Crippen LogP contribution in [0.5, 0.6) is 17.2 Å². The highest BCUT2D eigenvalue weighted by Crippen LogP contribution is 2.32. The SMILES string of the molecule is CCN(CC)CCOc1cc(NC(=O)c2ccc(OC)c(-c3ccccc3)c2)ccc1OC. The standard InChI is InChI=1S/C27H32N2O4/c1-5-29(6-2)16-17-33-26-19-22(13-15-25(26)32-4)28-27(30)21-12-14-24(31-3)23(18-21)20-10-8-7-9-11-20/h7-15,18-19H,5-6,16-17H2,1-4H3,(H,28,30). The van der Waals surface area contributed by atoms with E-state index < -0.39 is 0 Å². The van der Waals surface area contributed by atoms with Gasteiger partial charge in [-0.25, -0.2) is 0 Å². The number of hydrogen-bond donors (Lipinski definition) is 1. The molecule has 0 atom stereocenters. The molecule has 1 amide bonds. The minimum Gasteiger partial charge on any atom is -0.496 e. The van der Waals surface area contributed by atoms with Gasteiger partial charge >= 0.3 is 0 Å². The van der Waals surface area contributed by atoms with Gasteiger partial charge in [-0.1, -0.05) is 44.2 Å². The van der Waals surface area contributed by atoms with Crippen LogP contribution in [0.3, 0.4) is 0 Å². The predicted octanol–water partition coefficient (Wildman–Crippen LogP) is 5.34. The molecule has 174 valence electrons. The second-order valence-corrected chi connectivity index (χ2v) is 7.48. The number of anilines is 1. The van der Waals surface area contributed by atoms with E-state index in [1.165, 1.54) is 0 Å². The molecule has 0 saturated carbocycles. The monoisotopic (exact) mass is 448 g/mol. The summed E-state index contributed by atoms with van der Waals surface area (Å²) in [6.45, 7) is 7.56. The van der Waals surface area contributed by atoms with Crippen LogP contribution in [0.2, 0.25) is 0 Å². The molecule has 0 aliphatic heterocycles. The first kappa shape index (κ1) is 24.1. The van der Waals surface area contributed by atoms with E-state index in [1.54, 1.807) is 38.5 Å². The van der Waals surface area contributed by atoms with Crippen molar-refractivity contribution in [3.8, 4) is 28.4 Å². The lowest BCUT2D eigenvalue weighted by Crippen LogP contribution is -2.28. The second-order valence-electron chi connectivity index (χ2n) is 7.48. The fourth-order valence-electron chi connectivity index (χ4n) is 3.59. The van der Waals surface area contributed by atoms with E-state index in [1.807, 2.05) is 42.5 Å². The summed E-state index contributed by atoms with van der Waals surface area (Å²) in [7, 11) is 3.23. The Kier molecular flexibility index (Phi) is 8.72. The van der Waals surface area contributed by atoms with E-state index in [-0.39, 0.29) is 5.91 Å². The first-order chi connectivity index (χ1) is 16.1. The molecule has 33 heavy (non-hydrogen) atoms. The van der Waals surface area contributed by atoms with Crippen molar-refractivity contribution in [1.29, 1.82) is 0 Å². The molecular weight excluding hydrogens is 416 g/mol. The Balaban J connectivity index is 1.77. The van der Waals surface area contributed by atoms with E-state index in [4.69, 9.17) is 14.2 Å². The van der Waals surface area contributed by atoms with E-state index in [0.29, 0.717) is 35.1 Å². The Hall–Kier alpha value is -3.51. The van der Waals surface area contributed by atoms with Crippen molar-refractivity contribution >= 4 is 11.6 Å². The molecule has 0 unspecified atom stereocenters. The Labute approximate surface area is 196 Å². The molecule has 6 heteroatoms. The van der Waals surface area contributed by atoms with Crippen molar-refractivity contribution in [1.82, 2.24) is 4.90 Å². The molecule has 0 aliphatic rings. The van der Waals surface area contributed by atoms with Gasteiger partial charge < -0.3 is 24.4 Å². The first-order valence-corrected chi connectivity index (χ1v) is 11.2. The maximum Gasteiger partial charge on any atom is 0.255 e. The Morgan fingerprint density at radius 1 is 0.848 bits per heavy atom. The highest BCUT2D eigenvalue weighted by atomic mass is 16.5. The number of carbonyl (C=O) groups is 1. The minimum atomic E-state index is -0.214. The lowest BCUT2D eigenvalue weighted by atomic mass is 10.0. The minimum absolute atomic E-state index is 0.214. The molecule has 0 heterocycles. The molecule has 3 rings (SSSR count). The highest BCUT2D eigenvalue weighted by molar-refractivity contribution is 6.05. The van der Waals surface area contributed by atoms with Crippen LogP contribution in [0.1, 0.15) is 24.2 Å². The number of hydrogen-bond acceptors (Lipinski definition) is 5. The van der Waals surface area contributed by atoms with E-state index >= 15 is 0 Å². The number of methoxy groups -OCH3 is 2. The largest absolute Gasteiger partial charge is 0.496 e. The molecular formula is C27H32N2O4. The zero-order chi connectivity index (χ0) is 23.6. The van der Waals surface area contributed by atoms with Gasteiger partial charge in [0.2, 0.25) is 0 Å². The number of likely N-dealkylation sites (N-methyl/N-ethyl adjacent to an activating group) is 1. The lowest BCUT2D eigenvalue weighted by Gasteiger charge is -2.19.